The van der Waals surface area contributed by atoms with Crippen LogP contribution in [0.3, 0.4) is 0 Å². The summed E-state index contributed by atoms with van der Waals surface area (Å²) < 4.78 is 11.2. The molecule has 0 saturated carbocycles. The first-order valence-corrected chi connectivity index (χ1v) is 8.90. The number of amides is 2. The van der Waals surface area contributed by atoms with Crippen molar-refractivity contribution in [2.75, 3.05) is 26.3 Å². The number of nitrogens with one attached hydrogen (secondary N) is 3. The lowest BCUT2D eigenvalue weighted by Gasteiger charge is -2.26. The summed E-state index contributed by atoms with van der Waals surface area (Å²) >= 11 is 0. The van der Waals surface area contributed by atoms with Gasteiger partial charge in [0.05, 0.1) is 13.2 Å². The third kappa shape index (κ3) is 4.96. The minimum atomic E-state index is -0.506. The Morgan fingerprint density at radius 1 is 1.28 bits per heavy atom. The van der Waals surface area contributed by atoms with Crippen molar-refractivity contribution in [1.29, 1.82) is 0 Å². The molecular weight excluding hydrogens is 318 g/mol. The number of H-pyrrole nitrogens is 1. The maximum absolute atomic E-state index is 11.9. The number of urea groups is 1. The molecule has 2 heterocycles. The van der Waals surface area contributed by atoms with Gasteiger partial charge >= 0.3 is 6.03 Å². The van der Waals surface area contributed by atoms with Crippen molar-refractivity contribution < 1.29 is 14.3 Å². The van der Waals surface area contributed by atoms with Gasteiger partial charge in [-0.25, -0.2) is 4.79 Å². The van der Waals surface area contributed by atoms with Crippen molar-refractivity contribution in [1.82, 2.24) is 15.6 Å². The second-order valence-corrected chi connectivity index (χ2v) is 6.93. The summed E-state index contributed by atoms with van der Waals surface area (Å²) in [5, 5.41) is 7.03. The van der Waals surface area contributed by atoms with E-state index >= 15 is 0 Å². The van der Waals surface area contributed by atoms with Crippen molar-refractivity contribution in [3.63, 3.8) is 0 Å². The van der Waals surface area contributed by atoms with E-state index in [2.05, 4.69) is 46.8 Å². The number of fused-ring (bicyclic) bond motifs is 1. The third-order valence-corrected chi connectivity index (χ3v) is 4.55. The van der Waals surface area contributed by atoms with Gasteiger partial charge in [-0.2, -0.15) is 0 Å². The quantitative estimate of drug-likeness (QED) is 0.722. The summed E-state index contributed by atoms with van der Waals surface area (Å²) in [5.74, 6) is -0.223. The minimum Gasteiger partial charge on any atom is -0.361 e. The molecule has 0 radical (unpaired) electrons. The highest BCUT2D eigenvalue weighted by Gasteiger charge is 2.32. The number of rotatable bonds is 7. The van der Waals surface area contributed by atoms with Crippen LogP contribution in [0, 0.1) is 5.92 Å². The number of carbonyl (C=O) groups is 1. The van der Waals surface area contributed by atoms with Gasteiger partial charge in [0.25, 0.3) is 0 Å². The highest BCUT2D eigenvalue weighted by Crippen LogP contribution is 2.26. The molecule has 1 aromatic carbocycles. The summed E-state index contributed by atoms with van der Waals surface area (Å²) in [6.45, 7) is 6.54. The van der Waals surface area contributed by atoms with Crippen molar-refractivity contribution in [2.45, 2.75) is 32.5 Å². The molecule has 1 aromatic heterocycles. The zero-order chi connectivity index (χ0) is 17.7. The first-order valence-electron chi connectivity index (χ1n) is 8.90. The number of carbonyl (C=O) groups excluding carboxylic acids is 1. The van der Waals surface area contributed by atoms with E-state index in [1.54, 1.807) is 0 Å². The van der Waals surface area contributed by atoms with Crippen LogP contribution in [0.4, 0.5) is 4.79 Å². The Kier molecular flexibility index (Phi) is 5.60. The van der Waals surface area contributed by atoms with E-state index in [1.807, 2.05) is 13.1 Å². The summed E-state index contributed by atoms with van der Waals surface area (Å²) in [6.07, 6.45) is 3.51. The normalized spacial score (nSPS) is 17.5. The molecule has 6 heteroatoms. The van der Waals surface area contributed by atoms with Gasteiger partial charge in [0.2, 0.25) is 0 Å². The summed E-state index contributed by atoms with van der Waals surface area (Å²) in [5.41, 5.74) is 2.34. The molecule has 136 valence electrons. The Hall–Kier alpha value is -2.05. The van der Waals surface area contributed by atoms with Crippen LogP contribution >= 0.6 is 0 Å². The summed E-state index contributed by atoms with van der Waals surface area (Å²) in [4.78, 5) is 15.1. The van der Waals surface area contributed by atoms with E-state index in [4.69, 9.17) is 9.47 Å². The van der Waals surface area contributed by atoms with Crippen LogP contribution in [0.1, 0.15) is 25.8 Å². The Morgan fingerprint density at radius 3 is 2.88 bits per heavy atom. The average Bonchev–Trinajstić information content (AvgIpc) is 3.21. The number of benzene rings is 1. The molecule has 1 unspecified atom stereocenters. The molecule has 1 atom stereocenters. The second kappa shape index (κ2) is 7.89. The lowest BCUT2D eigenvalue weighted by atomic mass is 10.0. The fourth-order valence-corrected chi connectivity index (χ4v) is 3.29. The van der Waals surface area contributed by atoms with Crippen molar-refractivity contribution in [3.8, 4) is 0 Å². The fraction of sp³-hybridized carbons (Fsp3) is 0.526. The van der Waals surface area contributed by atoms with E-state index in [-0.39, 0.29) is 11.9 Å². The number of hydrogen-bond donors (Lipinski definition) is 3. The lowest BCUT2D eigenvalue weighted by Crippen LogP contribution is -2.40. The standard InChI is InChI=1S/C19H27N3O3/c1-14(12-19(2)24-9-10-25-19)13-22-18(23)21-7-5-15-3-4-17-16(11-15)6-8-20-17/h3-4,6,8,11,14,20H,5,7,9-10,12-13H2,1-2H3,(H2,21,22,23). The molecular formula is C19H27N3O3. The Morgan fingerprint density at radius 2 is 2.08 bits per heavy atom. The van der Waals surface area contributed by atoms with Gasteiger partial charge in [-0.3, -0.25) is 0 Å². The monoisotopic (exact) mass is 345 g/mol. The Bertz CT molecular complexity index is 707. The van der Waals surface area contributed by atoms with E-state index in [9.17, 15) is 4.79 Å². The molecule has 1 aliphatic rings. The van der Waals surface area contributed by atoms with Crippen molar-refractivity contribution >= 4 is 16.9 Å². The third-order valence-electron chi connectivity index (χ3n) is 4.55. The van der Waals surface area contributed by atoms with Crippen LogP contribution in [0.5, 0.6) is 0 Å². The van der Waals surface area contributed by atoms with Gasteiger partial charge in [0.15, 0.2) is 5.79 Å². The van der Waals surface area contributed by atoms with Crippen LogP contribution in [0.2, 0.25) is 0 Å². The maximum atomic E-state index is 11.9. The first kappa shape index (κ1) is 17.8. The molecule has 0 aliphatic carbocycles. The van der Waals surface area contributed by atoms with Gasteiger partial charge in [-0.1, -0.05) is 13.0 Å². The first-order chi connectivity index (χ1) is 12.0. The molecule has 1 saturated heterocycles. The van der Waals surface area contributed by atoms with Crippen LogP contribution < -0.4 is 10.6 Å². The molecule has 0 spiro atoms. The van der Waals surface area contributed by atoms with Crippen LogP contribution in [-0.2, 0) is 15.9 Å². The van der Waals surface area contributed by atoms with E-state index in [1.165, 1.54) is 10.9 Å². The fourth-order valence-electron chi connectivity index (χ4n) is 3.29. The smallest absolute Gasteiger partial charge is 0.314 e. The van der Waals surface area contributed by atoms with Crippen LogP contribution in [0.25, 0.3) is 10.9 Å². The molecule has 1 aliphatic heterocycles. The molecule has 25 heavy (non-hydrogen) atoms. The molecule has 0 bridgehead atoms. The number of aromatic amines is 1. The predicted molar refractivity (Wildman–Crippen MR) is 97.5 cm³/mol. The van der Waals surface area contributed by atoms with Gasteiger partial charge in [0, 0.05) is 31.2 Å². The molecule has 6 nitrogen and oxygen atoms in total. The summed E-state index contributed by atoms with van der Waals surface area (Å²) in [7, 11) is 0. The highest BCUT2D eigenvalue weighted by molar-refractivity contribution is 5.80. The minimum absolute atomic E-state index is 0.131. The number of aromatic nitrogens is 1. The molecule has 1 fully saturated rings. The molecule has 3 rings (SSSR count). The van der Waals surface area contributed by atoms with Gasteiger partial charge < -0.3 is 25.1 Å². The van der Waals surface area contributed by atoms with Gasteiger partial charge in [-0.05, 0) is 48.4 Å². The van der Waals surface area contributed by atoms with Crippen molar-refractivity contribution in [3.05, 3.63) is 36.0 Å². The van der Waals surface area contributed by atoms with Gasteiger partial charge in [-0.15, -0.1) is 0 Å². The zero-order valence-corrected chi connectivity index (χ0v) is 14.9. The number of ether oxygens (including phenoxy) is 2. The van der Waals surface area contributed by atoms with E-state index in [0.29, 0.717) is 26.3 Å². The van der Waals surface area contributed by atoms with Crippen LogP contribution in [0.15, 0.2) is 30.5 Å². The molecule has 3 N–H and O–H groups in total. The molecule has 2 aromatic rings. The average molecular weight is 345 g/mol. The molecule has 2 amide bonds. The van der Waals surface area contributed by atoms with Crippen LogP contribution in [-0.4, -0.2) is 43.1 Å². The Balaban J connectivity index is 1.35. The largest absolute Gasteiger partial charge is 0.361 e. The van der Waals surface area contributed by atoms with E-state index < -0.39 is 5.79 Å². The zero-order valence-electron chi connectivity index (χ0n) is 14.9. The highest BCUT2D eigenvalue weighted by atomic mass is 16.7. The lowest BCUT2D eigenvalue weighted by molar-refractivity contribution is -0.153. The van der Waals surface area contributed by atoms with Crippen molar-refractivity contribution in [2.24, 2.45) is 5.92 Å². The SMILES string of the molecule is CC(CNC(=O)NCCc1ccc2[nH]ccc2c1)CC1(C)OCCO1. The predicted octanol–water partition coefficient (Wildman–Crippen LogP) is 2.80. The maximum Gasteiger partial charge on any atom is 0.314 e. The second-order valence-electron chi connectivity index (χ2n) is 6.93. The summed E-state index contributed by atoms with van der Waals surface area (Å²) in [6, 6.07) is 8.23. The van der Waals surface area contributed by atoms with Gasteiger partial charge in [0.1, 0.15) is 0 Å². The Labute approximate surface area is 148 Å². The number of hydrogen-bond acceptors (Lipinski definition) is 3. The van der Waals surface area contributed by atoms with E-state index in [0.717, 1.165) is 18.4 Å². The topological polar surface area (TPSA) is 75.4 Å².